The van der Waals surface area contributed by atoms with E-state index in [1.54, 1.807) is 13.3 Å². The van der Waals surface area contributed by atoms with E-state index in [1.165, 1.54) is 18.3 Å². The smallest absolute Gasteiger partial charge is 0.287 e. The molecule has 0 fully saturated rings. The average molecular weight is 365 g/mol. The number of hydrazone groups is 1. The lowest BCUT2D eigenvalue weighted by molar-refractivity contribution is -0.385. The quantitative estimate of drug-likeness (QED) is 0.407. The monoisotopic (exact) mass is 365 g/mol. The number of methoxy groups -OCH3 is 1. The van der Waals surface area contributed by atoms with E-state index in [1.807, 2.05) is 44.2 Å². The van der Waals surface area contributed by atoms with E-state index in [-0.39, 0.29) is 5.69 Å². The van der Waals surface area contributed by atoms with E-state index in [4.69, 9.17) is 4.74 Å². The zero-order valence-electron chi connectivity index (χ0n) is 15.2. The number of nitrogens with one attached hydrogen (secondary N) is 1. The molecule has 0 aliphatic rings. The molecular weight excluding hydrogens is 346 g/mol. The highest BCUT2D eigenvalue weighted by Crippen LogP contribution is 2.22. The van der Waals surface area contributed by atoms with Crippen LogP contribution >= 0.6 is 0 Å². The van der Waals surface area contributed by atoms with Crippen molar-refractivity contribution in [2.45, 2.75) is 13.8 Å². The Hall–Kier alpha value is -3.68. The number of pyridine rings is 1. The highest BCUT2D eigenvalue weighted by molar-refractivity contribution is 5.82. The van der Waals surface area contributed by atoms with Gasteiger partial charge in [-0.15, -0.1) is 0 Å². The van der Waals surface area contributed by atoms with Crippen LogP contribution in [0.3, 0.4) is 0 Å². The van der Waals surface area contributed by atoms with Crippen molar-refractivity contribution in [1.29, 1.82) is 0 Å². The summed E-state index contributed by atoms with van der Waals surface area (Å²) in [4.78, 5) is 14.1. The molecule has 0 aliphatic carbocycles. The highest BCUT2D eigenvalue weighted by Gasteiger charge is 2.10. The fraction of sp³-hybridized carbons (Fsp3) is 0.158. The largest absolute Gasteiger partial charge is 0.497 e. The molecule has 0 amide bonds. The topological polar surface area (TPSA) is 94.6 Å². The lowest BCUT2D eigenvalue weighted by Crippen LogP contribution is -2.00. The summed E-state index contributed by atoms with van der Waals surface area (Å²) in [6, 6.07) is 12.8. The van der Waals surface area contributed by atoms with Gasteiger partial charge >= 0.3 is 0 Å². The van der Waals surface area contributed by atoms with E-state index in [9.17, 15) is 10.1 Å². The maximum Gasteiger partial charge on any atom is 0.287 e. The van der Waals surface area contributed by atoms with E-state index in [0.29, 0.717) is 5.82 Å². The van der Waals surface area contributed by atoms with Crippen molar-refractivity contribution in [3.05, 3.63) is 75.7 Å². The molecule has 3 rings (SSSR count). The number of rotatable bonds is 6. The number of aryl methyl sites for hydroxylation is 1. The molecule has 138 valence electrons. The Balaban J connectivity index is 1.77. The number of hydrogen-bond acceptors (Lipinski definition) is 6. The van der Waals surface area contributed by atoms with Gasteiger partial charge in [0.15, 0.2) is 0 Å². The molecule has 1 aromatic carbocycles. The second-order valence-corrected chi connectivity index (χ2v) is 5.89. The van der Waals surface area contributed by atoms with Crippen molar-refractivity contribution < 1.29 is 9.66 Å². The third-order valence-electron chi connectivity index (χ3n) is 4.14. The molecule has 3 aromatic rings. The normalized spacial score (nSPS) is 10.9. The van der Waals surface area contributed by atoms with E-state index >= 15 is 0 Å². The van der Waals surface area contributed by atoms with Crippen LogP contribution in [0.25, 0.3) is 5.69 Å². The van der Waals surface area contributed by atoms with Gasteiger partial charge in [0.05, 0.1) is 18.2 Å². The third kappa shape index (κ3) is 3.95. The lowest BCUT2D eigenvalue weighted by atomic mass is 10.2. The van der Waals surface area contributed by atoms with Crippen molar-refractivity contribution in [2.24, 2.45) is 5.10 Å². The second-order valence-electron chi connectivity index (χ2n) is 5.89. The van der Waals surface area contributed by atoms with E-state index in [0.717, 1.165) is 28.4 Å². The van der Waals surface area contributed by atoms with Crippen molar-refractivity contribution in [2.75, 3.05) is 12.5 Å². The molecule has 2 aromatic heterocycles. The molecule has 8 heteroatoms. The van der Waals surface area contributed by atoms with Gasteiger partial charge in [-0.2, -0.15) is 5.10 Å². The van der Waals surface area contributed by atoms with Crippen LogP contribution in [0.2, 0.25) is 0 Å². The molecular formula is C19H19N5O3. The number of anilines is 1. The van der Waals surface area contributed by atoms with Crippen LogP contribution in [0.15, 0.2) is 53.8 Å². The predicted octanol–water partition coefficient (Wildman–Crippen LogP) is 3.85. The zero-order valence-corrected chi connectivity index (χ0v) is 15.2. The fourth-order valence-electron chi connectivity index (χ4n) is 2.78. The van der Waals surface area contributed by atoms with Gasteiger partial charge in [0, 0.05) is 28.7 Å². The Bertz CT molecular complexity index is 976. The van der Waals surface area contributed by atoms with Crippen LogP contribution in [-0.4, -0.2) is 27.8 Å². The summed E-state index contributed by atoms with van der Waals surface area (Å²) in [5.74, 6) is 1.24. The van der Waals surface area contributed by atoms with Gasteiger partial charge < -0.3 is 9.30 Å². The Kier molecular flexibility index (Phi) is 5.16. The van der Waals surface area contributed by atoms with Gasteiger partial charge in [-0.25, -0.2) is 4.98 Å². The van der Waals surface area contributed by atoms with E-state index < -0.39 is 4.92 Å². The van der Waals surface area contributed by atoms with Crippen LogP contribution < -0.4 is 10.2 Å². The van der Waals surface area contributed by atoms with Crippen molar-refractivity contribution in [3.8, 4) is 11.4 Å². The van der Waals surface area contributed by atoms with Crippen LogP contribution in [0.1, 0.15) is 17.0 Å². The van der Waals surface area contributed by atoms with Crippen molar-refractivity contribution in [1.82, 2.24) is 9.55 Å². The summed E-state index contributed by atoms with van der Waals surface area (Å²) in [6.07, 6.45) is 2.89. The van der Waals surface area contributed by atoms with Gasteiger partial charge in [0.2, 0.25) is 0 Å². The molecule has 0 atom stereocenters. The first kappa shape index (κ1) is 18.1. The Morgan fingerprint density at radius 1 is 1.22 bits per heavy atom. The van der Waals surface area contributed by atoms with Crippen LogP contribution in [0.4, 0.5) is 11.5 Å². The summed E-state index contributed by atoms with van der Waals surface area (Å²) in [5.41, 5.74) is 6.83. The molecule has 0 spiro atoms. The van der Waals surface area contributed by atoms with Crippen molar-refractivity contribution in [3.63, 3.8) is 0 Å². The molecule has 0 radical (unpaired) electrons. The predicted molar refractivity (Wildman–Crippen MR) is 104 cm³/mol. The van der Waals surface area contributed by atoms with Gasteiger partial charge in [0.25, 0.3) is 5.69 Å². The van der Waals surface area contributed by atoms with Gasteiger partial charge in [-0.1, -0.05) is 0 Å². The van der Waals surface area contributed by atoms with Gasteiger partial charge in [-0.3, -0.25) is 15.5 Å². The molecule has 2 heterocycles. The molecule has 27 heavy (non-hydrogen) atoms. The molecule has 0 unspecified atom stereocenters. The number of nitrogens with zero attached hydrogens (tertiary/aromatic N) is 4. The number of hydrogen-bond donors (Lipinski definition) is 1. The van der Waals surface area contributed by atoms with Gasteiger partial charge in [0.1, 0.15) is 17.8 Å². The molecule has 0 saturated heterocycles. The third-order valence-corrected chi connectivity index (χ3v) is 4.14. The van der Waals surface area contributed by atoms with E-state index in [2.05, 4.69) is 20.1 Å². The Labute approximate surface area is 156 Å². The zero-order chi connectivity index (χ0) is 19.4. The minimum atomic E-state index is -0.492. The van der Waals surface area contributed by atoms with Crippen LogP contribution in [0.5, 0.6) is 5.75 Å². The summed E-state index contributed by atoms with van der Waals surface area (Å²) < 4.78 is 7.33. The maximum absolute atomic E-state index is 10.6. The van der Waals surface area contributed by atoms with Crippen molar-refractivity contribution >= 4 is 17.7 Å². The molecule has 8 nitrogen and oxygen atoms in total. The minimum Gasteiger partial charge on any atom is -0.497 e. The summed E-state index contributed by atoms with van der Waals surface area (Å²) in [5, 5.41) is 14.8. The van der Waals surface area contributed by atoms with Crippen LogP contribution in [0, 0.1) is 24.0 Å². The Morgan fingerprint density at radius 2 is 1.96 bits per heavy atom. The molecule has 0 saturated carbocycles. The number of ether oxygens (including phenoxy) is 1. The first-order chi connectivity index (χ1) is 13.0. The SMILES string of the molecule is COc1ccc(-n2c(C)cc(/C=N\Nc3ccc([N+](=O)[O-])cn3)c2C)cc1. The molecule has 0 aliphatic heterocycles. The number of benzene rings is 1. The average Bonchev–Trinajstić information content (AvgIpc) is 2.96. The first-order valence-corrected chi connectivity index (χ1v) is 8.22. The first-order valence-electron chi connectivity index (χ1n) is 8.22. The molecule has 0 bridgehead atoms. The lowest BCUT2D eigenvalue weighted by Gasteiger charge is -2.10. The number of nitro groups is 1. The van der Waals surface area contributed by atoms with Crippen LogP contribution in [-0.2, 0) is 0 Å². The fourth-order valence-corrected chi connectivity index (χ4v) is 2.78. The maximum atomic E-state index is 10.6. The Morgan fingerprint density at radius 3 is 2.56 bits per heavy atom. The standard InChI is InChI=1S/C19H19N5O3/c1-13-10-15(11-21-22-19-9-6-17(12-20-19)24(25)26)14(2)23(13)16-4-7-18(27-3)8-5-16/h4-12H,1-3H3,(H,20,22)/b21-11-. The summed E-state index contributed by atoms with van der Waals surface area (Å²) in [6.45, 7) is 4.04. The van der Waals surface area contributed by atoms with Gasteiger partial charge in [-0.05, 0) is 50.2 Å². The minimum absolute atomic E-state index is 0.0624. The summed E-state index contributed by atoms with van der Waals surface area (Å²) in [7, 11) is 1.64. The molecule has 1 N–H and O–H groups in total. The number of aromatic nitrogens is 2. The second kappa shape index (κ2) is 7.69. The highest BCUT2D eigenvalue weighted by atomic mass is 16.6. The summed E-state index contributed by atoms with van der Waals surface area (Å²) >= 11 is 0.